The SMILES string of the molecule is O=C(c1ccc2[nH]ncc2n1)N1CCC2(CC1)C(=O)N(CC(=O)N1CCC[C@H]1CC(F)(F)F)c1ccc(F)c(Cl)c12. The molecule has 3 amide bonds. The molecule has 14 heteroatoms. The Morgan fingerprint density at radius 1 is 1.12 bits per heavy atom. The Morgan fingerprint density at radius 3 is 2.61 bits per heavy atom. The summed E-state index contributed by atoms with van der Waals surface area (Å²) in [4.78, 5) is 48.7. The maximum Gasteiger partial charge on any atom is 0.391 e. The van der Waals surface area contributed by atoms with Crippen molar-refractivity contribution in [3.05, 3.63) is 52.6 Å². The van der Waals surface area contributed by atoms with Crippen molar-refractivity contribution in [1.29, 1.82) is 0 Å². The van der Waals surface area contributed by atoms with Gasteiger partial charge in [-0.1, -0.05) is 11.6 Å². The third kappa shape index (κ3) is 4.69. The van der Waals surface area contributed by atoms with Crippen LogP contribution in [-0.2, 0) is 15.0 Å². The van der Waals surface area contributed by atoms with E-state index in [1.807, 2.05) is 0 Å². The van der Waals surface area contributed by atoms with Gasteiger partial charge in [-0.15, -0.1) is 0 Å². The first kappa shape index (κ1) is 27.4. The third-order valence-corrected chi connectivity index (χ3v) is 8.74. The highest BCUT2D eigenvalue weighted by Crippen LogP contribution is 2.51. The minimum atomic E-state index is -4.43. The lowest BCUT2D eigenvalue weighted by molar-refractivity contribution is -0.151. The number of pyridine rings is 1. The number of hydrogen-bond acceptors (Lipinski definition) is 5. The second-order valence-electron chi connectivity index (χ2n) is 10.7. The Kier molecular flexibility index (Phi) is 6.67. The van der Waals surface area contributed by atoms with Gasteiger partial charge in [0.25, 0.3) is 5.91 Å². The number of nitrogens with zero attached hydrogens (tertiary/aromatic N) is 5. The number of aromatic nitrogens is 3. The van der Waals surface area contributed by atoms with Crippen LogP contribution < -0.4 is 4.90 Å². The lowest BCUT2D eigenvalue weighted by atomic mass is 9.73. The summed E-state index contributed by atoms with van der Waals surface area (Å²) in [5.41, 5.74) is 0.635. The molecule has 0 aliphatic carbocycles. The maximum absolute atomic E-state index is 14.7. The van der Waals surface area contributed by atoms with Gasteiger partial charge < -0.3 is 14.7 Å². The van der Waals surface area contributed by atoms with Crippen LogP contribution in [0.1, 0.15) is 48.2 Å². The molecule has 5 heterocycles. The second kappa shape index (κ2) is 9.97. The van der Waals surface area contributed by atoms with Crippen LogP contribution in [0.4, 0.5) is 23.2 Å². The number of fused-ring (bicyclic) bond motifs is 3. The molecule has 3 aliphatic rings. The van der Waals surface area contributed by atoms with Crippen molar-refractivity contribution in [1.82, 2.24) is 25.0 Å². The third-order valence-electron chi connectivity index (χ3n) is 8.37. The highest BCUT2D eigenvalue weighted by atomic mass is 35.5. The topological polar surface area (TPSA) is 102 Å². The molecular formula is C27H25ClF4N6O3. The number of anilines is 1. The van der Waals surface area contributed by atoms with E-state index < -0.39 is 48.2 Å². The van der Waals surface area contributed by atoms with Crippen LogP contribution in [0.3, 0.4) is 0 Å². The quantitative estimate of drug-likeness (QED) is 0.457. The van der Waals surface area contributed by atoms with Crippen LogP contribution in [0, 0.1) is 5.82 Å². The number of likely N-dealkylation sites (tertiary alicyclic amines) is 2. The average molecular weight is 593 g/mol. The molecule has 1 N–H and O–H groups in total. The van der Waals surface area contributed by atoms with Crippen LogP contribution in [-0.4, -0.2) is 81.1 Å². The summed E-state index contributed by atoms with van der Waals surface area (Å²) in [5.74, 6) is -2.16. The van der Waals surface area contributed by atoms with Crippen LogP contribution in [0.5, 0.6) is 0 Å². The van der Waals surface area contributed by atoms with Crippen molar-refractivity contribution < 1.29 is 31.9 Å². The maximum atomic E-state index is 14.7. The molecule has 2 saturated heterocycles. The van der Waals surface area contributed by atoms with Crippen molar-refractivity contribution in [2.75, 3.05) is 31.1 Å². The standard InChI is InChI=1S/C27H25ClF4N6O3/c28-23-16(29)3-6-20-22(23)26(25(41)38(20)14-21(39)37-9-1-2-15(37)12-27(30,31)32)7-10-36(11-8-26)24(40)18-5-4-17-19(34-18)13-33-35-17/h3-6,13,15H,1-2,7-12,14H2,(H,33,35)/t15-/m0/s1. The van der Waals surface area contributed by atoms with E-state index in [-0.39, 0.29) is 66.8 Å². The van der Waals surface area contributed by atoms with Gasteiger partial charge in [-0.3, -0.25) is 19.5 Å². The number of hydrogen-bond donors (Lipinski definition) is 1. The Bertz CT molecular complexity index is 1550. The van der Waals surface area contributed by atoms with Gasteiger partial charge in [-0.25, -0.2) is 9.37 Å². The van der Waals surface area contributed by atoms with Crippen LogP contribution in [0.2, 0.25) is 5.02 Å². The van der Waals surface area contributed by atoms with E-state index in [0.717, 1.165) is 6.07 Å². The number of benzene rings is 1. The summed E-state index contributed by atoms with van der Waals surface area (Å²) in [6, 6.07) is 4.75. The normalized spacial score (nSPS) is 20.4. The number of aromatic amines is 1. The lowest BCUT2D eigenvalue weighted by Crippen LogP contribution is -2.52. The van der Waals surface area contributed by atoms with E-state index in [4.69, 9.17) is 11.6 Å². The molecule has 2 fully saturated rings. The molecule has 3 aliphatic heterocycles. The van der Waals surface area contributed by atoms with Gasteiger partial charge in [-0.2, -0.15) is 18.3 Å². The first-order valence-electron chi connectivity index (χ1n) is 13.2. The van der Waals surface area contributed by atoms with E-state index in [2.05, 4.69) is 15.2 Å². The average Bonchev–Trinajstić information content (AvgIpc) is 3.64. The number of halogens is 5. The second-order valence-corrected chi connectivity index (χ2v) is 11.1. The van der Waals surface area contributed by atoms with Gasteiger partial charge in [0.1, 0.15) is 23.6 Å². The van der Waals surface area contributed by atoms with Crippen molar-refractivity contribution in [3.8, 4) is 0 Å². The predicted molar refractivity (Wildman–Crippen MR) is 140 cm³/mol. The molecule has 1 spiro atoms. The van der Waals surface area contributed by atoms with E-state index in [9.17, 15) is 31.9 Å². The van der Waals surface area contributed by atoms with E-state index in [1.54, 1.807) is 17.0 Å². The van der Waals surface area contributed by atoms with Gasteiger partial charge in [-0.05, 0) is 49.9 Å². The summed E-state index contributed by atoms with van der Waals surface area (Å²) in [6.45, 7) is -0.0340. The number of piperidine rings is 1. The number of amides is 3. The summed E-state index contributed by atoms with van der Waals surface area (Å²) in [5, 5.41) is 6.43. The van der Waals surface area contributed by atoms with Gasteiger partial charge in [0, 0.05) is 31.2 Å². The molecule has 0 unspecified atom stereocenters. The van der Waals surface area contributed by atoms with Crippen molar-refractivity contribution in [3.63, 3.8) is 0 Å². The Morgan fingerprint density at radius 2 is 1.88 bits per heavy atom. The summed E-state index contributed by atoms with van der Waals surface area (Å²) in [7, 11) is 0. The molecule has 1 atom stereocenters. The Balaban J connectivity index is 1.24. The lowest BCUT2D eigenvalue weighted by Gasteiger charge is -2.38. The van der Waals surface area contributed by atoms with E-state index >= 15 is 0 Å². The first-order valence-corrected chi connectivity index (χ1v) is 13.6. The van der Waals surface area contributed by atoms with Crippen molar-refractivity contribution in [2.45, 2.75) is 49.7 Å². The van der Waals surface area contributed by atoms with E-state index in [1.165, 1.54) is 22.1 Å². The van der Waals surface area contributed by atoms with E-state index in [0.29, 0.717) is 17.5 Å². The molecule has 3 aromatic rings. The Labute approximate surface area is 236 Å². The zero-order chi connectivity index (χ0) is 29.1. The van der Waals surface area contributed by atoms with Gasteiger partial charge in [0.05, 0.1) is 34.3 Å². The zero-order valence-corrected chi connectivity index (χ0v) is 22.4. The molecule has 2 aromatic heterocycles. The fraction of sp³-hybridized carbons (Fsp3) is 0.444. The summed E-state index contributed by atoms with van der Waals surface area (Å²) >= 11 is 6.42. The molecule has 0 radical (unpaired) electrons. The first-order chi connectivity index (χ1) is 19.5. The largest absolute Gasteiger partial charge is 0.391 e. The summed E-state index contributed by atoms with van der Waals surface area (Å²) in [6.07, 6.45) is -3.14. The highest BCUT2D eigenvalue weighted by Gasteiger charge is 2.55. The number of alkyl halides is 3. The smallest absolute Gasteiger partial charge is 0.338 e. The minimum absolute atomic E-state index is 0.118. The number of nitrogens with one attached hydrogen (secondary N) is 1. The molecule has 1 aromatic carbocycles. The molecular weight excluding hydrogens is 568 g/mol. The van der Waals surface area contributed by atoms with Gasteiger partial charge >= 0.3 is 6.18 Å². The van der Waals surface area contributed by atoms with Gasteiger partial charge in [0.15, 0.2) is 0 Å². The number of carbonyl (C=O) groups excluding carboxylic acids is 3. The minimum Gasteiger partial charge on any atom is -0.338 e. The number of rotatable bonds is 4. The Hall–Kier alpha value is -3.74. The molecule has 216 valence electrons. The number of H-pyrrole nitrogens is 1. The highest BCUT2D eigenvalue weighted by molar-refractivity contribution is 6.33. The van der Waals surface area contributed by atoms with Gasteiger partial charge in [0.2, 0.25) is 11.8 Å². The molecule has 9 nitrogen and oxygen atoms in total. The fourth-order valence-corrected chi connectivity index (χ4v) is 6.73. The monoisotopic (exact) mass is 592 g/mol. The molecule has 0 bridgehead atoms. The molecule has 41 heavy (non-hydrogen) atoms. The predicted octanol–water partition coefficient (Wildman–Crippen LogP) is 4.21. The summed E-state index contributed by atoms with van der Waals surface area (Å²) < 4.78 is 54.0. The van der Waals surface area contributed by atoms with Crippen LogP contribution in [0.25, 0.3) is 11.0 Å². The van der Waals surface area contributed by atoms with Crippen molar-refractivity contribution in [2.24, 2.45) is 0 Å². The molecule has 0 saturated carbocycles. The zero-order valence-electron chi connectivity index (χ0n) is 21.7. The van der Waals surface area contributed by atoms with Crippen LogP contribution >= 0.6 is 11.6 Å². The molecule has 6 rings (SSSR count). The van der Waals surface area contributed by atoms with Crippen molar-refractivity contribution >= 4 is 46.0 Å². The van der Waals surface area contributed by atoms with Crippen LogP contribution in [0.15, 0.2) is 30.5 Å². The number of carbonyl (C=O) groups is 3. The fourth-order valence-electron chi connectivity index (χ4n) is 6.39.